The molecule has 5 nitrogen and oxygen atoms in total. The lowest BCUT2D eigenvalue weighted by Crippen LogP contribution is -2.24. The first-order valence-electron chi connectivity index (χ1n) is 6.99. The Hall–Kier alpha value is -2.18. The van der Waals surface area contributed by atoms with Gasteiger partial charge in [0.2, 0.25) is 0 Å². The Labute approximate surface area is 131 Å². The van der Waals surface area contributed by atoms with E-state index in [4.69, 9.17) is 9.47 Å². The van der Waals surface area contributed by atoms with Gasteiger partial charge in [-0.15, -0.1) is 0 Å². The smallest absolute Gasteiger partial charge is 0.340 e. The summed E-state index contributed by atoms with van der Waals surface area (Å²) in [6.45, 7) is 0.604. The second kappa shape index (κ2) is 6.72. The fourth-order valence-electron chi connectivity index (χ4n) is 2.15. The van der Waals surface area contributed by atoms with Crippen LogP contribution in [0.4, 0.5) is 5.69 Å². The molecule has 0 unspecified atom stereocenters. The highest BCUT2D eigenvalue weighted by Gasteiger charge is 2.25. The number of rotatable bonds is 4. The Balaban J connectivity index is 1.58. The van der Waals surface area contributed by atoms with E-state index >= 15 is 0 Å². The van der Waals surface area contributed by atoms with E-state index in [1.165, 1.54) is 11.3 Å². The monoisotopic (exact) mass is 317 g/mol. The van der Waals surface area contributed by atoms with Gasteiger partial charge < -0.3 is 14.8 Å². The molecule has 0 aliphatic carbocycles. The summed E-state index contributed by atoms with van der Waals surface area (Å²) in [4.78, 5) is 23.7. The van der Waals surface area contributed by atoms with E-state index in [2.05, 4.69) is 5.32 Å². The molecule has 0 bridgehead atoms. The molecule has 0 saturated carbocycles. The fraction of sp³-hybridized carbons (Fsp3) is 0.250. The zero-order valence-electron chi connectivity index (χ0n) is 11.8. The van der Waals surface area contributed by atoms with Gasteiger partial charge >= 0.3 is 5.97 Å². The second-order valence-electron chi connectivity index (χ2n) is 4.91. The molecule has 1 amide bonds. The maximum Gasteiger partial charge on any atom is 0.340 e. The predicted octanol–water partition coefficient (Wildman–Crippen LogP) is 3.08. The number of carbonyl (C=O) groups is 2. The molecule has 1 fully saturated rings. The van der Waals surface area contributed by atoms with Crippen molar-refractivity contribution < 1.29 is 19.1 Å². The van der Waals surface area contributed by atoms with Gasteiger partial charge in [0, 0.05) is 17.7 Å². The van der Waals surface area contributed by atoms with Crippen molar-refractivity contribution >= 4 is 28.9 Å². The van der Waals surface area contributed by atoms with Crippen LogP contribution >= 0.6 is 11.3 Å². The van der Waals surface area contributed by atoms with Gasteiger partial charge in [0.1, 0.15) is 5.75 Å². The summed E-state index contributed by atoms with van der Waals surface area (Å²) in [5.41, 5.74) is 1.27. The molecular formula is C16H15NO4S. The number of benzene rings is 1. The van der Waals surface area contributed by atoms with E-state index in [1.54, 1.807) is 35.7 Å². The van der Waals surface area contributed by atoms with Crippen molar-refractivity contribution in [1.29, 1.82) is 0 Å². The minimum Gasteiger partial charge on any atom is -0.425 e. The van der Waals surface area contributed by atoms with E-state index in [0.29, 0.717) is 30.0 Å². The van der Waals surface area contributed by atoms with Crippen LogP contribution in [0.3, 0.4) is 0 Å². The van der Waals surface area contributed by atoms with Crippen LogP contribution in [0.15, 0.2) is 41.1 Å². The van der Waals surface area contributed by atoms with Crippen molar-refractivity contribution in [2.24, 2.45) is 0 Å². The summed E-state index contributed by atoms with van der Waals surface area (Å²) in [7, 11) is 0. The first kappa shape index (κ1) is 14.7. The number of amides is 1. The van der Waals surface area contributed by atoms with Crippen LogP contribution in [0.25, 0.3) is 0 Å². The molecule has 1 N–H and O–H groups in total. The topological polar surface area (TPSA) is 64.6 Å². The van der Waals surface area contributed by atoms with Gasteiger partial charge in [-0.3, -0.25) is 4.79 Å². The summed E-state index contributed by atoms with van der Waals surface area (Å²) in [5.74, 6) is -0.0908. The van der Waals surface area contributed by atoms with Gasteiger partial charge in [-0.25, -0.2) is 4.79 Å². The molecule has 1 aliphatic rings. The normalized spacial score (nSPS) is 17.2. The number of carbonyl (C=O) groups excluding carboxylic acids is 2. The minimum absolute atomic E-state index is 0.162. The number of ether oxygens (including phenoxy) is 2. The van der Waals surface area contributed by atoms with Crippen LogP contribution in [0.5, 0.6) is 5.75 Å². The summed E-state index contributed by atoms with van der Waals surface area (Å²) >= 11 is 1.47. The molecule has 2 heterocycles. The number of hydrogen-bond acceptors (Lipinski definition) is 5. The van der Waals surface area contributed by atoms with Crippen LogP contribution in [0, 0.1) is 0 Å². The Morgan fingerprint density at radius 1 is 1.23 bits per heavy atom. The Morgan fingerprint density at radius 3 is 2.68 bits per heavy atom. The summed E-state index contributed by atoms with van der Waals surface area (Å²) in [5, 5.41) is 6.42. The molecule has 6 heteroatoms. The lowest BCUT2D eigenvalue weighted by atomic mass is 10.2. The van der Waals surface area contributed by atoms with Crippen molar-refractivity contribution in [3.8, 4) is 5.75 Å². The van der Waals surface area contributed by atoms with Crippen molar-refractivity contribution in [2.45, 2.75) is 18.9 Å². The average Bonchev–Trinajstić information content (AvgIpc) is 3.23. The van der Waals surface area contributed by atoms with Crippen LogP contribution in [-0.2, 0) is 9.53 Å². The predicted molar refractivity (Wildman–Crippen MR) is 83.3 cm³/mol. The third-order valence-electron chi connectivity index (χ3n) is 3.31. The Morgan fingerprint density at radius 2 is 2.05 bits per heavy atom. The number of anilines is 1. The average molecular weight is 317 g/mol. The first-order chi connectivity index (χ1) is 10.7. The maximum absolute atomic E-state index is 11.9. The number of thiophene rings is 1. The van der Waals surface area contributed by atoms with Gasteiger partial charge in [0.15, 0.2) is 6.10 Å². The maximum atomic E-state index is 11.9. The number of esters is 1. The molecule has 114 valence electrons. The molecule has 22 heavy (non-hydrogen) atoms. The number of nitrogens with one attached hydrogen (secondary N) is 1. The molecule has 1 saturated heterocycles. The molecule has 0 spiro atoms. The van der Waals surface area contributed by atoms with Gasteiger partial charge in [0.05, 0.1) is 5.56 Å². The van der Waals surface area contributed by atoms with Crippen LogP contribution in [-0.4, -0.2) is 24.6 Å². The van der Waals surface area contributed by atoms with E-state index in [9.17, 15) is 9.59 Å². The SMILES string of the molecule is O=C(Nc1ccc(OC(=O)[C@@H]2CCCO2)cc1)c1ccsc1. The molecule has 1 aromatic carbocycles. The molecular weight excluding hydrogens is 302 g/mol. The summed E-state index contributed by atoms with van der Waals surface area (Å²) in [6, 6.07) is 8.45. The molecule has 0 radical (unpaired) electrons. The standard InChI is InChI=1S/C16H15NO4S/c18-15(11-7-9-22-10-11)17-12-3-5-13(6-4-12)21-16(19)14-2-1-8-20-14/h3-7,9-10,14H,1-2,8H2,(H,17,18)/t14-/m0/s1. The first-order valence-corrected chi connectivity index (χ1v) is 7.93. The van der Waals surface area contributed by atoms with Crippen molar-refractivity contribution in [3.05, 3.63) is 46.7 Å². The van der Waals surface area contributed by atoms with Crippen LogP contribution in [0.1, 0.15) is 23.2 Å². The Bertz CT molecular complexity index is 645. The molecule has 1 atom stereocenters. The summed E-state index contributed by atoms with van der Waals surface area (Å²) in [6.07, 6.45) is 1.12. The van der Waals surface area contributed by atoms with Gasteiger partial charge in [-0.1, -0.05) is 0 Å². The zero-order chi connectivity index (χ0) is 15.4. The number of hydrogen-bond donors (Lipinski definition) is 1. The van der Waals surface area contributed by atoms with Crippen LogP contribution < -0.4 is 10.1 Å². The molecule has 3 rings (SSSR count). The lowest BCUT2D eigenvalue weighted by Gasteiger charge is -2.10. The minimum atomic E-state index is -0.460. The lowest BCUT2D eigenvalue weighted by molar-refractivity contribution is -0.144. The molecule has 1 aliphatic heterocycles. The second-order valence-corrected chi connectivity index (χ2v) is 5.69. The van der Waals surface area contributed by atoms with E-state index in [-0.39, 0.29) is 11.9 Å². The van der Waals surface area contributed by atoms with Crippen LogP contribution in [0.2, 0.25) is 0 Å². The van der Waals surface area contributed by atoms with Gasteiger partial charge in [-0.2, -0.15) is 11.3 Å². The summed E-state index contributed by atoms with van der Waals surface area (Å²) < 4.78 is 10.5. The fourth-order valence-corrected chi connectivity index (χ4v) is 2.78. The third kappa shape index (κ3) is 3.52. The highest BCUT2D eigenvalue weighted by atomic mass is 32.1. The van der Waals surface area contributed by atoms with E-state index in [0.717, 1.165) is 6.42 Å². The van der Waals surface area contributed by atoms with Crippen molar-refractivity contribution in [1.82, 2.24) is 0 Å². The quantitative estimate of drug-likeness (QED) is 0.695. The third-order valence-corrected chi connectivity index (χ3v) is 3.99. The van der Waals surface area contributed by atoms with Crippen molar-refractivity contribution in [3.63, 3.8) is 0 Å². The van der Waals surface area contributed by atoms with Crippen molar-refractivity contribution in [2.75, 3.05) is 11.9 Å². The highest BCUT2D eigenvalue weighted by molar-refractivity contribution is 7.08. The largest absolute Gasteiger partial charge is 0.425 e. The van der Waals surface area contributed by atoms with Gasteiger partial charge in [-0.05, 0) is 48.6 Å². The van der Waals surface area contributed by atoms with E-state index in [1.807, 2.05) is 5.38 Å². The van der Waals surface area contributed by atoms with E-state index < -0.39 is 6.10 Å². The molecule has 1 aromatic heterocycles. The zero-order valence-corrected chi connectivity index (χ0v) is 12.6. The molecule has 2 aromatic rings. The highest BCUT2D eigenvalue weighted by Crippen LogP contribution is 2.20. The van der Waals surface area contributed by atoms with Gasteiger partial charge in [0.25, 0.3) is 5.91 Å². The Kier molecular flexibility index (Phi) is 4.50.